The highest BCUT2D eigenvalue weighted by molar-refractivity contribution is 5.84. The molecule has 0 aromatic heterocycles. The summed E-state index contributed by atoms with van der Waals surface area (Å²) in [5.74, 6) is 2.55. The first-order chi connectivity index (χ1) is 7.30. The van der Waals surface area contributed by atoms with E-state index >= 15 is 0 Å². The maximum Gasteiger partial charge on any atom is 0.137 e. The maximum atomic E-state index is 12.0. The largest absolute Gasteiger partial charge is 0.374 e. The Kier molecular flexibility index (Phi) is 1.44. The molecule has 0 N–H and O–H groups in total. The van der Waals surface area contributed by atoms with E-state index < -0.39 is 0 Å². The maximum absolute atomic E-state index is 12.0. The van der Waals surface area contributed by atoms with Crippen LogP contribution in [0.5, 0.6) is 0 Å². The second-order valence-corrected chi connectivity index (χ2v) is 5.63. The van der Waals surface area contributed by atoms with Crippen molar-refractivity contribution in [1.82, 2.24) is 0 Å². The van der Waals surface area contributed by atoms with Crippen LogP contribution in [0.3, 0.4) is 0 Å². The van der Waals surface area contributed by atoms with Gasteiger partial charge in [0.1, 0.15) is 5.78 Å². The lowest BCUT2D eigenvalue weighted by Gasteiger charge is -2.53. The number of Topliss-reactive ketones (excluding diaryl/α,β-unsaturated/α-hetero) is 1. The lowest BCUT2D eigenvalue weighted by Crippen LogP contribution is -2.57. The summed E-state index contributed by atoms with van der Waals surface area (Å²) in [7, 11) is 0. The Morgan fingerprint density at radius 3 is 2.80 bits per heavy atom. The third-order valence-corrected chi connectivity index (χ3v) is 5.15. The number of ether oxygens (including phenoxy) is 1. The Morgan fingerprint density at radius 2 is 2.07 bits per heavy atom. The van der Waals surface area contributed by atoms with Gasteiger partial charge in [0, 0.05) is 24.7 Å². The average molecular weight is 204 g/mol. The normalized spacial score (nSPS) is 55.9. The molecule has 0 aromatic rings. The van der Waals surface area contributed by atoms with E-state index in [1.165, 1.54) is 12.8 Å². The Balaban J connectivity index is 1.78. The zero-order chi connectivity index (χ0) is 10.0. The van der Waals surface area contributed by atoms with Crippen molar-refractivity contribution in [3.8, 4) is 0 Å². The first-order valence-electron chi connectivity index (χ1n) is 6.15. The van der Waals surface area contributed by atoms with Crippen molar-refractivity contribution in [2.45, 2.75) is 31.3 Å². The highest BCUT2D eigenvalue weighted by atomic mass is 16.5. The highest BCUT2D eigenvalue weighted by Crippen LogP contribution is 2.60. The molecule has 15 heavy (non-hydrogen) atoms. The fourth-order valence-electron chi connectivity index (χ4n) is 4.47. The van der Waals surface area contributed by atoms with Crippen LogP contribution in [-0.4, -0.2) is 18.0 Å². The molecule has 0 unspecified atom stereocenters. The van der Waals surface area contributed by atoms with Crippen molar-refractivity contribution in [2.24, 2.45) is 23.7 Å². The molecule has 1 spiro atoms. The molecule has 4 aliphatic rings. The van der Waals surface area contributed by atoms with Crippen molar-refractivity contribution >= 4 is 5.78 Å². The summed E-state index contributed by atoms with van der Waals surface area (Å²) in [5.41, 5.74) is 0.114. The first-order valence-corrected chi connectivity index (χ1v) is 6.15. The molecular weight excluding hydrogens is 188 g/mol. The zero-order valence-corrected chi connectivity index (χ0v) is 8.82. The van der Waals surface area contributed by atoms with Gasteiger partial charge in [0.15, 0.2) is 0 Å². The van der Waals surface area contributed by atoms with E-state index in [1.54, 1.807) is 0 Å². The molecule has 0 radical (unpaired) electrons. The summed E-state index contributed by atoms with van der Waals surface area (Å²) in [5, 5.41) is 0. The fraction of sp³-hybridized carbons (Fsp3) is 0.769. The van der Waals surface area contributed by atoms with Gasteiger partial charge in [-0.2, -0.15) is 0 Å². The van der Waals surface area contributed by atoms with Crippen LogP contribution in [0.25, 0.3) is 0 Å². The van der Waals surface area contributed by atoms with Gasteiger partial charge < -0.3 is 4.74 Å². The Morgan fingerprint density at radius 1 is 1.27 bits per heavy atom. The number of fused-ring (bicyclic) bond motifs is 6. The number of carbonyl (C=O) groups excluding carboxylic acids is 1. The summed E-state index contributed by atoms with van der Waals surface area (Å²) in [6.07, 6.45) is 8.78. The molecule has 3 aliphatic carbocycles. The molecule has 3 fully saturated rings. The third kappa shape index (κ3) is 0.878. The molecular formula is C13H16O2. The molecule has 0 aromatic carbocycles. The van der Waals surface area contributed by atoms with Gasteiger partial charge in [-0.3, -0.25) is 4.79 Å². The Bertz CT molecular complexity index is 354. The number of rotatable bonds is 0. The molecule has 2 bridgehead atoms. The van der Waals surface area contributed by atoms with E-state index in [0.29, 0.717) is 29.5 Å². The molecule has 2 saturated carbocycles. The minimum Gasteiger partial charge on any atom is -0.374 e. The number of hydrogen-bond acceptors (Lipinski definition) is 2. The van der Waals surface area contributed by atoms with Crippen LogP contribution in [0.4, 0.5) is 0 Å². The smallest absolute Gasteiger partial charge is 0.137 e. The number of ketones is 1. The minimum atomic E-state index is 0.114. The van der Waals surface area contributed by atoms with Crippen LogP contribution in [0.2, 0.25) is 0 Å². The second kappa shape index (κ2) is 2.54. The van der Waals surface area contributed by atoms with E-state index in [4.69, 9.17) is 4.74 Å². The van der Waals surface area contributed by atoms with Crippen LogP contribution in [0.15, 0.2) is 12.2 Å². The van der Waals surface area contributed by atoms with Gasteiger partial charge in [0.2, 0.25) is 0 Å². The lowest BCUT2D eigenvalue weighted by atomic mass is 9.61. The van der Waals surface area contributed by atoms with Gasteiger partial charge in [-0.15, -0.1) is 0 Å². The number of allylic oxidation sites excluding steroid dienone is 2. The van der Waals surface area contributed by atoms with Crippen LogP contribution in [-0.2, 0) is 9.53 Å². The van der Waals surface area contributed by atoms with Gasteiger partial charge in [-0.1, -0.05) is 12.2 Å². The van der Waals surface area contributed by atoms with E-state index in [1.807, 2.05) is 0 Å². The summed E-state index contributed by atoms with van der Waals surface area (Å²) < 4.78 is 5.89. The molecule has 0 amide bonds. The van der Waals surface area contributed by atoms with E-state index in [9.17, 15) is 4.79 Å². The minimum absolute atomic E-state index is 0.114. The predicted molar refractivity (Wildman–Crippen MR) is 55.3 cm³/mol. The number of hydrogen-bond donors (Lipinski definition) is 0. The summed E-state index contributed by atoms with van der Waals surface area (Å²) in [6, 6.07) is 0. The Hall–Kier alpha value is -0.630. The van der Waals surface area contributed by atoms with Gasteiger partial charge >= 0.3 is 0 Å². The second-order valence-electron chi connectivity index (χ2n) is 5.63. The summed E-state index contributed by atoms with van der Waals surface area (Å²) in [4.78, 5) is 12.0. The average Bonchev–Trinajstić information content (AvgIpc) is 2.76. The number of carbonyl (C=O) groups is 1. The standard InChI is InChI=1S/C13H16O2/c14-10-3-4-13(5-6-15-13)12-9-2-1-8(7-9)11(10)12/h1-2,8-9,11-12H,3-7H2/t8-,9+,11+,12+,13-/m1/s1. The first kappa shape index (κ1) is 8.51. The van der Waals surface area contributed by atoms with Gasteiger partial charge in [0.25, 0.3) is 0 Å². The highest BCUT2D eigenvalue weighted by Gasteiger charge is 2.61. The lowest BCUT2D eigenvalue weighted by molar-refractivity contribution is -0.211. The van der Waals surface area contributed by atoms with E-state index in [0.717, 1.165) is 19.4 Å². The van der Waals surface area contributed by atoms with Crippen LogP contribution in [0.1, 0.15) is 25.7 Å². The van der Waals surface area contributed by atoms with E-state index in [-0.39, 0.29) is 5.60 Å². The van der Waals surface area contributed by atoms with Gasteiger partial charge in [-0.25, -0.2) is 0 Å². The van der Waals surface area contributed by atoms with Crippen LogP contribution < -0.4 is 0 Å². The monoisotopic (exact) mass is 204 g/mol. The Labute approximate surface area is 89.7 Å². The van der Waals surface area contributed by atoms with Gasteiger partial charge in [0.05, 0.1) is 12.2 Å². The van der Waals surface area contributed by atoms with Crippen molar-refractivity contribution in [3.05, 3.63) is 12.2 Å². The summed E-state index contributed by atoms with van der Waals surface area (Å²) >= 11 is 0. The quantitative estimate of drug-likeness (QED) is 0.564. The van der Waals surface area contributed by atoms with Crippen molar-refractivity contribution < 1.29 is 9.53 Å². The van der Waals surface area contributed by atoms with Crippen molar-refractivity contribution in [2.75, 3.05) is 6.61 Å². The molecule has 2 nitrogen and oxygen atoms in total. The molecule has 1 aliphatic heterocycles. The summed E-state index contributed by atoms with van der Waals surface area (Å²) in [6.45, 7) is 0.915. The molecule has 2 heteroatoms. The zero-order valence-electron chi connectivity index (χ0n) is 8.82. The topological polar surface area (TPSA) is 26.3 Å². The molecule has 1 saturated heterocycles. The van der Waals surface area contributed by atoms with Gasteiger partial charge in [-0.05, 0) is 24.7 Å². The van der Waals surface area contributed by atoms with Crippen LogP contribution >= 0.6 is 0 Å². The molecule has 1 heterocycles. The third-order valence-electron chi connectivity index (χ3n) is 5.15. The van der Waals surface area contributed by atoms with E-state index in [2.05, 4.69) is 12.2 Å². The molecule has 5 atom stereocenters. The van der Waals surface area contributed by atoms with Crippen molar-refractivity contribution in [1.29, 1.82) is 0 Å². The SMILES string of the molecule is O=C1CC[C@@]2(CCO2)[C@@H]2[C@H]1[C@@H]1C=C[C@H]2C1. The molecule has 80 valence electrons. The predicted octanol–water partition coefficient (Wildman–Crippen LogP) is 1.95. The van der Waals surface area contributed by atoms with Crippen molar-refractivity contribution in [3.63, 3.8) is 0 Å². The fourth-order valence-corrected chi connectivity index (χ4v) is 4.47. The molecule has 4 rings (SSSR count). The van der Waals surface area contributed by atoms with Crippen LogP contribution in [0, 0.1) is 23.7 Å².